The minimum absolute atomic E-state index is 0.0846. The van der Waals surface area contributed by atoms with Crippen LogP contribution in [0.2, 0.25) is 0 Å². The number of halogens is 1. The van der Waals surface area contributed by atoms with E-state index >= 15 is 0 Å². The molecule has 0 spiro atoms. The molecule has 2 aromatic rings. The van der Waals surface area contributed by atoms with Gasteiger partial charge < -0.3 is 4.90 Å². The van der Waals surface area contributed by atoms with Crippen LogP contribution in [0.15, 0.2) is 59.6 Å². The molecule has 3 rings (SSSR count). The van der Waals surface area contributed by atoms with Gasteiger partial charge in [-0.15, -0.1) is 6.58 Å². The summed E-state index contributed by atoms with van der Waals surface area (Å²) < 4.78 is 0.738. The summed E-state index contributed by atoms with van der Waals surface area (Å²) in [6.45, 7) is 4.68. The molecule has 0 fully saturated rings. The van der Waals surface area contributed by atoms with Crippen molar-refractivity contribution in [3.8, 4) is 6.07 Å². The van der Waals surface area contributed by atoms with Crippen molar-refractivity contribution >= 4 is 33.7 Å². The van der Waals surface area contributed by atoms with Crippen LogP contribution in [0.5, 0.6) is 0 Å². The number of fused-ring (bicyclic) bond motifs is 1. The van der Waals surface area contributed by atoms with E-state index in [-0.39, 0.29) is 30.7 Å². The minimum atomic E-state index is -0.329. The van der Waals surface area contributed by atoms with E-state index in [2.05, 4.69) is 28.6 Å². The largest absolute Gasteiger partial charge is 0.335 e. The van der Waals surface area contributed by atoms with Crippen LogP contribution in [-0.2, 0) is 11.3 Å². The Kier molecular flexibility index (Phi) is 6.80. The second-order valence-corrected chi connectivity index (χ2v) is 7.84. The Morgan fingerprint density at radius 1 is 1.13 bits per heavy atom. The van der Waals surface area contributed by atoms with E-state index in [0.717, 1.165) is 10.0 Å². The molecule has 0 saturated carbocycles. The van der Waals surface area contributed by atoms with Crippen molar-refractivity contribution < 1.29 is 14.4 Å². The SMILES string of the molecule is C=CCN(Cc1ccc(C#N)cc1)C(=O)CCCN1C(=O)c2ccc(Br)cc2C1=O. The van der Waals surface area contributed by atoms with Crippen LogP contribution in [0.3, 0.4) is 0 Å². The molecular weight excluding hydrogens is 446 g/mol. The van der Waals surface area contributed by atoms with E-state index in [0.29, 0.717) is 36.2 Å². The van der Waals surface area contributed by atoms with Gasteiger partial charge in [0.15, 0.2) is 0 Å². The molecule has 6 nitrogen and oxygen atoms in total. The van der Waals surface area contributed by atoms with E-state index in [9.17, 15) is 14.4 Å². The number of imide groups is 1. The molecule has 0 aromatic heterocycles. The number of nitrogens with zero attached hydrogens (tertiary/aromatic N) is 3. The molecule has 0 atom stereocenters. The lowest BCUT2D eigenvalue weighted by Gasteiger charge is -2.22. The molecule has 0 N–H and O–H groups in total. The molecule has 152 valence electrons. The lowest BCUT2D eigenvalue weighted by molar-refractivity contribution is -0.131. The van der Waals surface area contributed by atoms with Crippen LogP contribution in [0, 0.1) is 11.3 Å². The monoisotopic (exact) mass is 465 g/mol. The van der Waals surface area contributed by atoms with Gasteiger partial charge in [-0.1, -0.05) is 34.1 Å². The molecule has 7 heteroatoms. The number of amides is 3. The van der Waals surface area contributed by atoms with Crippen LogP contribution >= 0.6 is 15.9 Å². The van der Waals surface area contributed by atoms with Crippen molar-refractivity contribution in [2.24, 2.45) is 0 Å². The third-order valence-corrected chi connectivity index (χ3v) is 5.36. The Hall–Kier alpha value is -3.24. The molecular formula is C23H20BrN3O3. The lowest BCUT2D eigenvalue weighted by atomic mass is 10.1. The first-order chi connectivity index (χ1) is 14.4. The maximum atomic E-state index is 12.7. The third kappa shape index (κ3) is 4.66. The Balaban J connectivity index is 1.58. The first kappa shape index (κ1) is 21.5. The fourth-order valence-electron chi connectivity index (χ4n) is 3.33. The van der Waals surface area contributed by atoms with Gasteiger partial charge in [-0.2, -0.15) is 5.26 Å². The fourth-order valence-corrected chi connectivity index (χ4v) is 3.69. The zero-order chi connectivity index (χ0) is 21.7. The van der Waals surface area contributed by atoms with Crippen molar-refractivity contribution in [1.82, 2.24) is 9.80 Å². The third-order valence-electron chi connectivity index (χ3n) is 4.86. The summed E-state index contributed by atoms with van der Waals surface area (Å²) in [5.74, 6) is -0.738. The summed E-state index contributed by atoms with van der Waals surface area (Å²) in [5.41, 5.74) is 2.25. The first-order valence-corrected chi connectivity index (χ1v) is 10.3. The van der Waals surface area contributed by atoms with Crippen molar-refractivity contribution in [2.45, 2.75) is 19.4 Å². The van der Waals surface area contributed by atoms with Crippen LogP contribution in [0.1, 0.15) is 44.7 Å². The molecule has 3 amide bonds. The number of benzene rings is 2. The highest BCUT2D eigenvalue weighted by molar-refractivity contribution is 9.10. The van der Waals surface area contributed by atoms with E-state index in [1.807, 2.05) is 12.1 Å². The van der Waals surface area contributed by atoms with Gasteiger partial charge in [0.1, 0.15) is 0 Å². The molecule has 0 aliphatic carbocycles. The van der Waals surface area contributed by atoms with E-state index in [1.165, 1.54) is 4.90 Å². The molecule has 2 aromatic carbocycles. The molecule has 0 unspecified atom stereocenters. The number of rotatable bonds is 8. The summed E-state index contributed by atoms with van der Waals surface area (Å²) in [5, 5.41) is 8.90. The number of nitriles is 1. The van der Waals surface area contributed by atoms with Crippen molar-refractivity contribution in [3.63, 3.8) is 0 Å². The van der Waals surface area contributed by atoms with Gasteiger partial charge in [0.2, 0.25) is 5.91 Å². The van der Waals surface area contributed by atoms with Crippen molar-refractivity contribution in [1.29, 1.82) is 5.26 Å². The summed E-state index contributed by atoms with van der Waals surface area (Å²) in [4.78, 5) is 40.5. The second kappa shape index (κ2) is 9.51. The summed E-state index contributed by atoms with van der Waals surface area (Å²) >= 11 is 3.31. The average Bonchev–Trinajstić information content (AvgIpc) is 2.98. The maximum absolute atomic E-state index is 12.7. The van der Waals surface area contributed by atoms with Gasteiger partial charge in [0.25, 0.3) is 11.8 Å². The Bertz CT molecular complexity index is 1040. The molecule has 0 radical (unpaired) electrons. The summed E-state index contributed by atoms with van der Waals surface area (Å²) in [6, 6.07) is 14.1. The van der Waals surface area contributed by atoms with Gasteiger partial charge in [-0.25, -0.2) is 0 Å². The number of hydrogen-bond acceptors (Lipinski definition) is 4. The van der Waals surface area contributed by atoms with Gasteiger partial charge in [-0.3, -0.25) is 19.3 Å². The lowest BCUT2D eigenvalue weighted by Crippen LogP contribution is -2.33. The van der Waals surface area contributed by atoms with Gasteiger partial charge in [-0.05, 0) is 42.3 Å². The van der Waals surface area contributed by atoms with E-state index in [4.69, 9.17) is 5.26 Å². The quantitative estimate of drug-likeness (QED) is 0.437. The fraction of sp³-hybridized carbons (Fsp3) is 0.217. The predicted molar refractivity (Wildman–Crippen MR) is 116 cm³/mol. The molecule has 1 aliphatic heterocycles. The number of hydrogen-bond donors (Lipinski definition) is 0. The van der Waals surface area contributed by atoms with Crippen LogP contribution in [0.25, 0.3) is 0 Å². The Labute approximate surface area is 183 Å². The van der Waals surface area contributed by atoms with Gasteiger partial charge >= 0.3 is 0 Å². The highest BCUT2D eigenvalue weighted by Crippen LogP contribution is 2.26. The Morgan fingerprint density at radius 2 is 1.83 bits per heavy atom. The molecule has 0 saturated heterocycles. The number of carbonyl (C=O) groups is 3. The van der Waals surface area contributed by atoms with E-state index < -0.39 is 0 Å². The van der Waals surface area contributed by atoms with Crippen molar-refractivity contribution in [2.75, 3.05) is 13.1 Å². The highest BCUT2D eigenvalue weighted by atomic mass is 79.9. The van der Waals surface area contributed by atoms with Crippen molar-refractivity contribution in [3.05, 3.63) is 81.8 Å². The zero-order valence-corrected chi connectivity index (χ0v) is 17.9. The van der Waals surface area contributed by atoms with Gasteiger partial charge in [0.05, 0.1) is 22.8 Å². The average molecular weight is 466 g/mol. The topological polar surface area (TPSA) is 81.5 Å². The summed E-state index contributed by atoms with van der Waals surface area (Å²) in [6.07, 6.45) is 2.25. The smallest absolute Gasteiger partial charge is 0.261 e. The van der Waals surface area contributed by atoms with Crippen LogP contribution in [-0.4, -0.2) is 40.6 Å². The number of carbonyl (C=O) groups excluding carboxylic acids is 3. The standard InChI is InChI=1S/C23H20BrN3O3/c1-2-11-26(15-17-7-5-16(14-25)6-8-17)21(28)4-3-12-27-22(29)19-10-9-18(24)13-20(19)23(27)30/h2,5-10,13H,1,3-4,11-12,15H2. The van der Waals surface area contributed by atoms with Gasteiger partial charge in [0, 0.05) is 30.5 Å². The summed E-state index contributed by atoms with van der Waals surface area (Å²) in [7, 11) is 0. The normalized spacial score (nSPS) is 12.5. The zero-order valence-electron chi connectivity index (χ0n) is 16.3. The second-order valence-electron chi connectivity index (χ2n) is 6.93. The minimum Gasteiger partial charge on any atom is -0.335 e. The van der Waals surface area contributed by atoms with Crippen LogP contribution in [0.4, 0.5) is 0 Å². The molecule has 1 aliphatic rings. The predicted octanol–water partition coefficient (Wildman–Crippen LogP) is 3.91. The van der Waals surface area contributed by atoms with Crippen LogP contribution < -0.4 is 0 Å². The Morgan fingerprint density at radius 3 is 2.50 bits per heavy atom. The first-order valence-electron chi connectivity index (χ1n) is 9.48. The van der Waals surface area contributed by atoms with E-state index in [1.54, 1.807) is 41.3 Å². The molecule has 1 heterocycles. The maximum Gasteiger partial charge on any atom is 0.261 e. The highest BCUT2D eigenvalue weighted by Gasteiger charge is 2.35. The molecule has 30 heavy (non-hydrogen) atoms. The molecule has 0 bridgehead atoms.